The minimum Gasteiger partial charge on any atom is -0.366 e. The molecule has 1 saturated heterocycles. The molecule has 5 rings (SSSR count). The molecule has 3 aliphatic rings. The summed E-state index contributed by atoms with van der Waals surface area (Å²) in [5, 5.41) is 3.34. The summed E-state index contributed by atoms with van der Waals surface area (Å²) in [6, 6.07) is 6.80. The first-order chi connectivity index (χ1) is 14.1. The molecule has 1 N–H and O–H groups in total. The molecular formula is C21H22ClN5O2. The van der Waals surface area contributed by atoms with Gasteiger partial charge in [-0.05, 0) is 43.0 Å². The highest BCUT2D eigenvalue weighted by Crippen LogP contribution is 2.39. The van der Waals surface area contributed by atoms with E-state index < -0.39 is 0 Å². The molecule has 0 spiro atoms. The molecule has 1 aliphatic carbocycles. The Morgan fingerprint density at radius 2 is 2.03 bits per heavy atom. The van der Waals surface area contributed by atoms with Crippen LogP contribution in [0.2, 0.25) is 5.02 Å². The monoisotopic (exact) mass is 411 g/mol. The summed E-state index contributed by atoms with van der Waals surface area (Å²) in [7, 11) is 0. The number of fused-ring (bicyclic) bond motifs is 4. The minimum atomic E-state index is -0.289. The van der Waals surface area contributed by atoms with Gasteiger partial charge in [0.1, 0.15) is 11.5 Å². The van der Waals surface area contributed by atoms with Gasteiger partial charge in [0.2, 0.25) is 0 Å². The van der Waals surface area contributed by atoms with Crippen molar-refractivity contribution in [3.8, 4) is 0 Å². The summed E-state index contributed by atoms with van der Waals surface area (Å²) >= 11 is 5.88. The molecule has 2 bridgehead atoms. The summed E-state index contributed by atoms with van der Waals surface area (Å²) in [6.07, 6.45) is 6.27. The van der Waals surface area contributed by atoms with E-state index in [0.717, 1.165) is 31.6 Å². The Morgan fingerprint density at radius 1 is 1.17 bits per heavy atom. The van der Waals surface area contributed by atoms with E-state index in [4.69, 9.17) is 11.6 Å². The van der Waals surface area contributed by atoms with Crippen LogP contribution in [0.3, 0.4) is 0 Å². The summed E-state index contributed by atoms with van der Waals surface area (Å²) < 4.78 is 0. The average Bonchev–Trinajstić information content (AvgIpc) is 3.47. The second-order valence-electron chi connectivity index (χ2n) is 7.99. The third-order valence-corrected chi connectivity index (χ3v) is 6.12. The number of nitrogens with zero attached hydrogens (tertiary/aromatic N) is 4. The Balaban J connectivity index is 1.42. The Morgan fingerprint density at radius 3 is 2.79 bits per heavy atom. The summed E-state index contributed by atoms with van der Waals surface area (Å²) in [4.78, 5) is 38.4. The van der Waals surface area contributed by atoms with Gasteiger partial charge in [-0.25, -0.2) is 14.8 Å². The van der Waals surface area contributed by atoms with Gasteiger partial charge in [-0.2, -0.15) is 0 Å². The predicted octanol–water partition coefficient (Wildman–Crippen LogP) is 4.13. The smallest absolute Gasteiger partial charge is 0.329 e. The number of amides is 2. The predicted molar refractivity (Wildman–Crippen MR) is 112 cm³/mol. The van der Waals surface area contributed by atoms with Gasteiger partial charge < -0.3 is 4.90 Å². The summed E-state index contributed by atoms with van der Waals surface area (Å²) in [5.74, 6) is 1.74. The first-order valence-electron chi connectivity index (χ1n) is 10.1. The number of urea groups is 1. The maximum absolute atomic E-state index is 13.1. The third-order valence-electron chi connectivity index (χ3n) is 5.90. The van der Waals surface area contributed by atoms with Crippen molar-refractivity contribution in [2.75, 3.05) is 28.2 Å². The highest BCUT2D eigenvalue weighted by atomic mass is 35.5. The molecule has 0 radical (unpaired) electrons. The molecule has 2 aliphatic heterocycles. The topological polar surface area (TPSA) is 78.4 Å². The zero-order valence-electron chi connectivity index (χ0n) is 16.0. The SMILES string of the molecule is O=C(CCC1CC1)c1ccc2c(n1)N(C(=O)Nc1ccc(Cl)cn1)[C@H]1CCN2C1. The molecule has 8 heteroatoms. The van der Waals surface area contributed by atoms with Crippen molar-refractivity contribution in [1.29, 1.82) is 0 Å². The number of carbonyl (C=O) groups is 2. The second-order valence-corrected chi connectivity index (χ2v) is 8.43. The minimum absolute atomic E-state index is 0.0270. The number of hydrogen-bond donors (Lipinski definition) is 1. The van der Waals surface area contributed by atoms with Crippen LogP contribution < -0.4 is 15.1 Å². The molecule has 2 aromatic heterocycles. The first kappa shape index (κ1) is 18.4. The summed E-state index contributed by atoms with van der Waals surface area (Å²) in [5.41, 5.74) is 1.34. The molecule has 4 heterocycles. The van der Waals surface area contributed by atoms with Crippen molar-refractivity contribution in [2.45, 2.75) is 38.1 Å². The number of aromatic nitrogens is 2. The van der Waals surface area contributed by atoms with Crippen LogP contribution in [0.5, 0.6) is 0 Å². The lowest BCUT2D eigenvalue weighted by molar-refractivity contribution is 0.0973. The molecule has 2 aromatic rings. The van der Waals surface area contributed by atoms with Crippen LogP contribution in [0, 0.1) is 5.92 Å². The number of nitrogens with one attached hydrogen (secondary N) is 1. The number of hydrogen-bond acceptors (Lipinski definition) is 5. The quantitative estimate of drug-likeness (QED) is 0.748. The van der Waals surface area contributed by atoms with Crippen molar-refractivity contribution in [2.24, 2.45) is 5.92 Å². The van der Waals surface area contributed by atoms with Crippen LogP contribution in [-0.4, -0.2) is 40.9 Å². The molecule has 2 amide bonds. The van der Waals surface area contributed by atoms with Gasteiger partial charge in [0.05, 0.1) is 16.8 Å². The van der Waals surface area contributed by atoms with Crippen LogP contribution in [0.4, 0.5) is 22.1 Å². The van der Waals surface area contributed by atoms with Crippen molar-refractivity contribution < 1.29 is 9.59 Å². The molecule has 7 nitrogen and oxygen atoms in total. The van der Waals surface area contributed by atoms with Crippen molar-refractivity contribution in [3.05, 3.63) is 41.2 Å². The van der Waals surface area contributed by atoms with Gasteiger partial charge in [-0.15, -0.1) is 0 Å². The Labute approximate surface area is 174 Å². The zero-order chi connectivity index (χ0) is 20.0. The van der Waals surface area contributed by atoms with E-state index in [-0.39, 0.29) is 17.9 Å². The van der Waals surface area contributed by atoms with Gasteiger partial charge in [-0.3, -0.25) is 15.0 Å². The third kappa shape index (κ3) is 3.67. The van der Waals surface area contributed by atoms with Crippen molar-refractivity contribution >= 4 is 40.7 Å². The standard InChI is InChI=1S/C21H22ClN5O2/c22-14-4-8-19(23-11-14)25-21(29)27-15-9-10-26(12-15)17-6-5-16(24-20(17)27)18(28)7-3-13-1-2-13/h4-6,8,11,13,15H,1-3,7,9-10,12H2,(H,23,25,29)/t15-/m0/s1. The Hall–Kier alpha value is -2.67. The highest BCUT2D eigenvalue weighted by Gasteiger charge is 2.40. The molecule has 0 aromatic carbocycles. The van der Waals surface area contributed by atoms with E-state index in [9.17, 15) is 9.59 Å². The van der Waals surface area contributed by atoms with E-state index in [0.29, 0.717) is 34.7 Å². The molecule has 29 heavy (non-hydrogen) atoms. The second kappa shape index (κ2) is 7.30. The number of halogens is 1. The average molecular weight is 412 g/mol. The van der Waals surface area contributed by atoms with Crippen LogP contribution in [-0.2, 0) is 0 Å². The number of rotatable bonds is 5. The molecule has 1 saturated carbocycles. The lowest BCUT2D eigenvalue weighted by Crippen LogP contribution is -2.48. The van der Waals surface area contributed by atoms with Crippen molar-refractivity contribution in [1.82, 2.24) is 9.97 Å². The zero-order valence-corrected chi connectivity index (χ0v) is 16.7. The Bertz CT molecular complexity index is 960. The van der Waals surface area contributed by atoms with E-state index >= 15 is 0 Å². The van der Waals surface area contributed by atoms with Crippen LogP contribution in [0.25, 0.3) is 0 Å². The van der Waals surface area contributed by atoms with Crippen molar-refractivity contribution in [3.63, 3.8) is 0 Å². The number of Topliss-reactive ketones (excluding diaryl/α,β-unsaturated/α-hetero) is 1. The van der Waals surface area contributed by atoms with Gasteiger partial charge in [0.25, 0.3) is 0 Å². The molecule has 2 fully saturated rings. The van der Waals surface area contributed by atoms with E-state index in [1.807, 2.05) is 6.07 Å². The lowest BCUT2D eigenvalue weighted by Gasteiger charge is -2.35. The first-order valence-corrected chi connectivity index (χ1v) is 10.5. The summed E-state index contributed by atoms with van der Waals surface area (Å²) in [6.45, 7) is 1.64. The van der Waals surface area contributed by atoms with Crippen LogP contribution >= 0.6 is 11.6 Å². The number of carbonyl (C=O) groups excluding carboxylic acids is 2. The van der Waals surface area contributed by atoms with E-state index in [1.54, 1.807) is 23.1 Å². The van der Waals surface area contributed by atoms with Gasteiger partial charge in [0.15, 0.2) is 11.6 Å². The maximum atomic E-state index is 13.1. The van der Waals surface area contributed by atoms with Gasteiger partial charge in [0, 0.05) is 25.7 Å². The molecular weight excluding hydrogens is 390 g/mol. The lowest BCUT2D eigenvalue weighted by atomic mass is 10.1. The molecule has 1 atom stereocenters. The number of anilines is 3. The van der Waals surface area contributed by atoms with Gasteiger partial charge >= 0.3 is 6.03 Å². The van der Waals surface area contributed by atoms with E-state index in [2.05, 4.69) is 20.2 Å². The largest absolute Gasteiger partial charge is 0.366 e. The van der Waals surface area contributed by atoms with Crippen LogP contribution in [0.15, 0.2) is 30.5 Å². The number of pyridine rings is 2. The molecule has 0 unspecified atom stereocenters. The van der Waals surface area contributed by atoms with E-state index in [1.165, 1.54) is 19.0 Å². The highest BCUT2D eigenvalue weighted by molar-refractivity contribution is 6.30. The number of ketones is 1. The normalized spacial score (nSPS) is 19.8. The Kier molecular flexibility index (Phi) is 4.62. The fourth-order valence-corrected chi connectivity index (χ4v) is 4.23. The molecule has 150 valence electrons. The van der Waals surface area contributed by atoms with Gasteiger partial charge in [-0.1, -0.05) is 24.4 Å². The van der Waals surface area contributed by atoms with Crippen LogP contribution in [0.1, 0.15) is 42.6 Å². The fourth-order valence-electron chi connectivity index (χ4n) is 4.12. The fraction of sp³-hybridized carbons (Fsp3) is 0.429. The maximum Gasteiger partial charge on any atom is 0.329 e.